The van der Waals surface area contributed by atoms with Crippen molar-refractivity contribution in [3.05, 3.63) is 142 Å². The van der Waals surface area contributed by atoms with Crippen LogP contribution in [0, 0.1) is 24.0 Å². The number of carbonyl (C=O) groups is 1. The van der Waals surface area contributed by atoms with Crippen LogP contribution in [0.4, 0.5) is 11.4 Å². The number of anilines is 1. The highest BCUT2D eigenvalue weighted by atomic mass is 32.2. The second kappa shape index (κ2) is 11.9. The lowest BCUT2D eigenvalue weighted by Crippen LogP contribution is -2.29. The topological polar surface area (TPSA) is 114 Å². The minimum atomic E-state index is -0.988. The quantitative estimate of drug-likeness (QED) is 0.104. The van der Waals surface area contributed by atoms with E-state index in [2.05, 4.69) is 21.3 Å². The van der Waals surface area contributed by atoms with Crippen LogP contribution in [0.15, 0.2) is 113 Å². The summed E-state index contributed by atoms with van der Waals surface area (Å²) in [4.78, 5) is 31.3. The van der Waals surface area contributed by atoms with Crippen LogP contribution in [0.25, 0.3) is 5.69 Å². The van der Waals surface area contributed by atoms with E-state index in [0.29, 0.717) is 10.8 Å². The minimum Gasteiger partial charge on any atom is -0.478 e. The number of pyridine rings is 1. The summed E-state index contributed by atoms with van der Waals surface area (Å²) in [5, 5.41) is 25.0. The van der Waals surface area contributed by atoms with Crippen molar-refractivity contribution in [1.82, 2.24) is 14.9 Å². The van der Waals surface area contributed by atoms with Gasteiger partial charge in [0.1, 0.15) is 0 Å². The number of hydrogen-bond acceptors (Lipinski definition) is 6. The van der Waals surface area contributed by atoms with Gasteiger partial charge in [-0.2, -0.15) is 0 Å². The Morgan fingerprint density at radius 2 is 1.64 bits per heavy atom. The lowest BCUT2D eigenvalue weighted by Gasteiger charge is -2.28. The summed E-state index contributed by atoms with van der Waals surface area (Å²) in [5.74, 6) is -0.988. The third kappa shape index (κ3) is 5.43. The fourth-order valence-corrected chi connectivity index (χ4v) is 6.87. The van der Waals surface area contributed by atoms with Gasteiger partial charge in [-0.05, 0) is 98.4 Å². The largest absolute Gasteiger partial charge is 0.478 e. The Labute approximate surface area is 263 Å². The zero-order valence-electron chi connectivity index (χ0n) is 23.7. The number of thiocarbonyl (C=S) groups is 1. The van der Waals surface area contributed by atoms with Crippen molar-refractivity contribution < 1.29 is 14.8 Å². The van der Waals surface area contributed by atoms with Gasteiger partial charge < -0.3 is 19.9 Å². The number of rotatable bonds is 8. The van der Waals surface area contributed by atoms with Crippen molar-refractivity contribution in [2.75, 3.05) is 4.90 Å². The zero-order valence-corrected chi connectivity index (χ0v) is 25.4. The van der Waals surface area contributed by atoms with Crippen LogP contribution in [-0.2, 0) is 0 Å². The number of non-ortho nitro benzene ring substituents is 1. The minimum absolute atomic E-state index is 0.0547. The SMILES string of the molecule is Cc1cc([C@H]2[C@H](c3ccccn3)NC(=S)N2c2ccc(Sc3ccc([N+](=O)[O-])cc3)cc2)c(C)n1-c1ccccc1C(=O)O. The maximum absolute atomic E-state index is 12.1. The van der Waals surface area contributed by atoms with Crippen molar-refractivity contribution in [3.8, 4) is 5.69 Å². The van der Waals surface area contributed by atoms with Crippen molar-refractivity contribution >= 4 is 46.4 Å². The zero-order chi connectivity index (χ0) is 31.0. The summed E-state index contributed by atoms with van der Waals surface area (Å²) >= 11 is 7.43. The first kappa shape index (κ1) is 29.1. The van der Waals surface area contributed by atoms with Gasteiger partial charge in [-0.25, -0.2) is 4.79 Å². The summed E-state index contributed by atoms with van der Waals surface area (Å²) in [6.45, 7) is 3.97. The molecule has 1 fully saturated rings. The van der Waals surface area contributed by atoms with E-state index in [0.717, 1.165) is 38.1 Å². The molecule has 5 aromatic rings. The predicted molar refractivity (Wildman–Crippen MR) is 174 cm³/mol. The van der Waals surface area contributed by atoms with Crippen LogP contribution in [0.2, 0.25) is 0 Å². The van der Waals surface area contributed by atoms with E-state index in [9.17, 15) is 20.0 Å². The number of hydrogen-bond donors (Lipinski definition) is 2. The number of nitro benzene ring substituents is 1. The standard InChI is InChI=1S/C33H27N5O4S2/c1-20-19-27(21(2)36(20)29-9-4-3-7-26(29)32(39)40)31-30(28-8-5-6-18-34-28)35-33(43)37(31)22-10-14-24(15-11-22)44-25-16-12-23(13-17-25)38(41)42/h3-19,30-31H,1-2H3,(H,35,43)(H,39,40)/t30-,31-/m0/s1. The molecule has 9 nitrogen and oxygen atoms in total. The van der Waals surface area contributed by atoms with Gasteiger partial charge in [0.15, 0.2) is 5.11 Å². The summed E-state index contributed by atoms with van der Waals surface area (Å²) in [6.07, 6.45) is 1.76. The summed E-state index contributed by atoms with van der Waals surface area (Å²) in [5.41, 5.74) is 5.40. The third-order valence-corrected chi connectivity index (χ3v) is 8.99. The van der Waals surface area contributed by atoms with Gasteiger partial charge >= 0.3 is 5.97 Å². The number of aryl methyl sites for hydroxylation is 1. The molecule has 2 N–H and O–H groups in total. The molecular formula is C33H27N5O4S2. The van der Waals surface area contributed by atoms with E-state index >= 15 is 0 Å². The Balaban J connectivity index is 1.40. The molecular weight excluding hydrogens is 595 g/mol. The molecule has 1 aliphatic rings. The maximum atomic E-state index is 12.1. The van der Waals surface area contributed by atoms with E-state index in [1.807, 2.05) is 73.0 Å². The van der Waals surface area contributed by atoms with Gasteiger partial charge in [0.25, 0.3) is 5.69 Å². The van der Waals surface area contributed by atoms with Gasteiger partial charge in [-0.15, -0.1) is 0 Å². The van der Waals surface area contributed by atoms with Crippen LogP contribution >= 0.6 is 24.0 Å². The molecule has 1 aliphatic heterocycles. The number of carboxylic acid groups (broad SMARTS) is 1. The highest BCUT2D eigenvalue weighted by Gasteiger charge is 2.42. The fraction of sp³-hybridized carbons (Fsp3) is 0.121. The Morgan fingerprint density at radius 1 is 0.977 bits per heavy atom. The number of benzene rings is 3. The number of aromatic nitrogens is 2. The highest BCUT2D eigenvalue weighted by Crippen LogP contribution is 2.44. The number of nitro groups is 1. The Kier molecular flexibility index (Phi) is 7.90. The fourth-order valence-electron chi connectivity index (χ4n) is 5.70. The number of nitrogens with zero attached hydrogens (tertiary/aromatic N) is 4. The van der Waals surface area contributed by atoms with Gasteiger partial charge in [0.05, 0.1) is 34.0 Å². The van der Waals surface area contributed by atoms with Crippen molar-refractivity contribution in [3.63, 3.8) is 0 Å². The van der Waals surface area contributed by atoms with Gasteiger partial charge in [-0.3, -0.25) is 15.1 Å². The number of aromatic carboxylic acids is 1. The number of nitrogens with one attached hydrogen (secondary N) is 1. The maximum Gasteiger partial charge on any atom is 0.337 e. The predicted octanol–water partition coefficient (Wildman–Crippen LogP) is 7.42. The van der Waals surface area contributed by atoms with Crippen LogP contribution in [0.5, 0.6) is 0 Å². The Morgan fingerprint density at radius 3 is 2.27 bits per heavy atom. The van der Waals surface area contributed by atoms with E-state index in [1.54, 1.807) is 30.5 Å². The smallest absolute Gasteiger partial charge is 0.337 e. The average Bonchev–Trinajstić information content (AvgIpc) is 3.52. The Bertz CT molecular complexity index is 1880. The number of para-hydroxylation sites is 1. The first-order valence-corrected chi connectivity index (χ1v) is 15.0. The molecule has 0 aliphatic carbocycles. The van der Waals surface area contributed by atoms with Gasteiger partial charge in [0.2, 0.25) is 0 Å². The molecule has 2 aromatic heterocycles. The van der Waals surface area contributed by atoms with E-state index < -0.39 is 10.9 Å². The normalized spacial score (nSPS) is 16.1. The Hall–Kier alpha value is -5.00. The van der Waals surface area contributed by atoms with Gasteiger partial charge in [-0.1, -0.05) is 30.0 Å². The molecule has 0 radical (unpaired) electrons. The monoisotopic (exact) mass is 621 g/mol. The summed E-state index contributed by atoms with van der Waals surface area (Å²) in [7, 11) is 0. The first-order valence-electron chi connectivity index (χ1n) is 13.8. The first-order chi connectivity index (χ1) is 21.2. The number of carboxylic acids is 1. The molecule has 6 rings (SSSR count). The van der Waals surface area contributed by atoms with E-state index in [1.165, 1.54) is 23.9 Å². The second-order valence-corrected chi connectivity index (χ2v) is 11.9. The molecule has 2 atom stereocenters. The molecule has 0 saturated carbocycles. The lowest BCUT2D eigenvalue weighted by atomic mass is 9.96. The average molecular weight is 622 g/mol. The third-order valence-electron chi connectivity index (χ3n) is 7.66. The summed E-state index contributed by atoms with van der Waals surface area (Å²) < 4.78 is 1.98. The summed E-state index contributed by atoms with van der Waals surface area (Å²) in [6, 6.07) is 28.8. The lowest BCUT2D eigenvalue weighted by molar-refractivity contribution is -0.384. The van der Waals surface area contributed by atoms with Crippen LogP contribution in [-0.4, -0.2) is 30.7 Å². The molecule has 11 heteroatoms. The molecule has 3 heterocycles. The molecule has 44 heavy (non-hydrogen) atoms. The second-order valence-electron chi connectivity index (χ2n) is 10.3. The molecule has 220 valence electrons. The molecule has 0 unspecified atom stereocenters. The molecule has 0 amide bonds. The molecule has 3 aromatic carbocycles. The van der Waals surface area contributed by atoms with E-state index in [4.69, 9.17) is 12.2 Å². The van der Waals surface area contributed by atoms with Crippen molar-refractivity contribution in [1.29, 1.82) is 0 Å². The van der Waals surface area contributed by atoms with E-state index in [-0.39, 0.29) is 23.3 Å². The molecule has 0 bridgehead atoms. The van der Waals surface area contributed by atoms with Gasteiger partial charge in [0, 0.05) is 45.2 Å². The van der Waals surface area contributed by atoms with Crippen LogP contribution in [0.3, 0.4) is 0 Å². The highest BCUT2D eigenvalue weighted by molar-refractivity contribution is 7.99. The van der Waals surface area contributed by atoms with Crippen LogP contribution in [0.1, 0.15) is 45.1 Å². The molecule has 1 saturated heterocycles. The van der Waals surface area contributed by atoms with Crippen molar-refractivity contribution in [2.24, 2.45) is 0 Å². The van der Waals surface area contributed by atoms with Crippen molar-refractivity contribution in [2.45, 2.75) is 35.7 Å². The molecule has 0 spiro atoms. The van der Waals surface area contributed by atoms with Crippen LogP contribution < -0.4 is 10.2 Å².